The first kappa shape index (κ1) is 49.9. The van der Waals surface area contributed by atoms with Gasteiger partial charge in [-0.15, -0.1) is 0 Å². The van der Waals surface area contributed by atoms with Crippen molar-refractivity contribution in [2.45, 2.75) is 130 Å². The van der Waals surface area contributed by atoms with E-state index < -0.39 is 41.0 Å². The fraction of sp³-hybridized carbons (Fsp3) is 0.625. The molecule has 1 aliphatic rings. The van der Waals surface area contributed by atoms with Crippen molar-refractivity contribution in [3.05, 3.63) is 72.3 Å². The number of nitrogens with zero attached hydrogens (tertiary/aromatic N) is 1. The summed E-state index contributed by atoms with van der Waals surface area (Å²) in [6.45, 7) is 29.1. The van der Waals surface area contributed by atoms with Gasteiger partial charge in [0.1, 0.15) is 24.7 Å². The Morgan fingerprint density at radius 2 is 1.26 bits per heavy atom. The molecule has 2 atom stereocenters. The third-order valence-corrected chi connectivity index (χ3v) is 8.03. The molecule has 1 amide bonds. The summed E-state index contributed by atoms with van der Waals surface area (Å²) < 4.78 is 73.4. The summed E-state index contributed by atoms with van der Waals surface area (Å²) in [4.78, 5) is 13.0. The number of ether oxygens (including phenoxy) is 2. The fourth-order valence-corrected chi connectivity index (χ4v) is 5.16. The zero-order valence-electron chi connectivity index (χ0n) is 34.1. The van der Waals surface area contributed by atoms with E-state index in [1.54, 1.807) is 32.9 Å². The Labute approximate surface area is 317 Å². The van der Waals surface area contributed by atoms with Crippen molar-refractivity contribution in [3.63, 3.8) is 0 Å². The summed E-state index contributed by atoms with van der Waals surface area (Å²) in [7, 11) is -3.28. The van der Waals surface area contributed by atoms with Gasteiger partial charge in [0, 0.05) is 29.6 Å². The molecule has 13 heteroatoms. The van der Waals surface area contributed by atoms with Crippen LogP contribution in [-0.4, -0.2) is 92.3 Å². The molecule has 1 heterocycles. The number of carbonyl (C=O) groups excluding carboxylic acids is 1. The van der Waals surface area contributed by atoms with Gasteiger partial charge in [0.05, 0.1) is 18.0 Å². The van der Waals surface area contributed by atoms with Crippen LogP contribution in [-0.2, 0) is 24.5 Å². The first-order chi connectivity index (χ1) is 24.0. The number of benzene rings is 2. The topological polar surface area (TPSA) is 114 Å². The molecule has 9 nitrogen and oxygen atoms in total. The fourth-order valence-electron chi connectivity index (χ4n) is 4.26. The Balaban J connectivity index is 0.000000871. The van der Waals surface area contributed by atoms with Gasteiger partial charge in [-0.1, -0.05) is 51.6 Å². The average molecular weight is 775 g/mol. The van der Waals surface area contributed by atoms with Gasteiger partial charge in [-0.05, 0) is 110 Å². The number of halogens is 3. The number of hydrogen-bond donors (Lipinski definition) is 2. The zero-order valence-corrected chi connectivity index (χ0v) is 34.9. The SMILES string of the molecule is C=CC(=O)NC(C)(C)C.CC(C)(C)N1CC1.CC(C)(C)OS(C)(=O)=O.CCC(O)COc1ccc(C(C)(C)c2ccc(OCC(F)C(F)F)cc2)cc1. The van der Waals surface area contributed by atoms with Crippen LogP contribution in [0.4, 0.5) is 13.2 Å². The lowest BCUT2D eigenvalue weighted by Gasteiger charge is -2.26. The molecular formula is C40H65F3N2O7S. The second kappa shape index (κ2) is 21.7. The summed E-state index contributed by atoms with van der Waals surface area (Å²) in [5, 5.41) is 12.3. The number of aliphatic hydroxyl groups is 1. The van der Waals surface area contributed by atoms with Crippen LogP contribution in [0.3, 0.4) is 0 Å². The molecule has 3 rings (SSSR count). The Morgan fingerprint density at radius 1 is 0.849 bits per heavy atom. The molecule has 2 aromatic carbocycles. The molecule has 304 valence electrons. The number of rotatable bonds is 12. The molecule has 2 N–H and O–H groups in total. The Hall–Kier alpha value is -3.13. The van der Waals surface area contributed by atoms with Crippen LogP contribution in [0.15, 0.2) is 61.2 Å². The van der Waals surface area contributed by atoms with Gasteiger partial charge >= 0.3 is 0 Å². The van der Waals surface area contributed by atoms with Gasteiger partial charge in [-0.3, -0.25) is 13.9 Å². The van der Waals surface area contributed by atoms with E-state index in [-0.39, 0.29) is 23.5 Å². The molecular weight excluding hydrogens is 710 g/mol. The van der Waals surface area contributed by atoms with Gasteiger partial charge in [-0.2, -0.15) is 8.42 Å². The van der Waals surface area contributed by atoms with E-state index in [9.17, 15) is 31.5 Å². The van der Waals surface area contributed by atoms with Crippen molar-refractivity contribution < 1.29 is 45.1 Å². The minimum atomic E-state index is -3.28. The van der Waals surface area contributed by atoms with E-state index in [1.165, 1.54) is 19.2 Å². The van der Waals surface area contributed by atoms with Crippen LogP contribution in [0.25, 0.3) is 0 Å². The molecule has 0 aromatic heterocycles. The summed E-state index contributed by atoms with van der Waals surface area (Å²) in [6.07, 6.45) is -2.88. The Morgan fingerprint density at radius 3 is 1.49 bits per heavy atom. The number of amides is 1. The van der Waals surface area contributed by atoms with Crippen LogP contribution in [0.5, 0.6) is 11.5 Å². The first-order valence-electron chi connectivity index (χ1n) is 17.7. The van der Waals surface area contributed by atoms with Crippen molar-refractivity contribution in [1.82, 2.24) is 10.2 Å². The number of alkyl halides is 3. The van der Waals surface area contributed by atoms with Gasteiger partial charge in [0.15, 0.2) is 6.17 Å². The molecule has 1 aliphatic heterocycles. The number of nitrogens with one attached hydrogen (secondary N) is 1. The van der Waals surface area contributed by atoms with Gasteiger partial charge in [0.2, 0.25) is 5.91 Å². The largest absolute Gasteiger partial charge is 0.491 e. The quantitative estimate of drug-likeness (QED) is 0.126. The maximum absolute atomic E-state index is 13.0. The minimum absolute atomic E-state index is 0.123. The molecule has 2 aromatic rings. The summed E-state index contributed by atoms with van der Waals surface area (Å²) in [5.41, 5.74) is 1.44. The van der Waals surface area contributed by atoms with E-state index in [0.717, 1.165) is 17.4 Å². The lowest BCUT2D eigenvalue weighted by Crippen LogP contribution is -2.39. The predicted molar refractivity (Wildman–Crippen MR) is 208 cm³/mol. The van der Waals surface area contributed by atoms with Crippen molar-refractivity contribution in [1.29, 1.82) is 0 Å². The van der Waals surface area contributed by atoms with E-state index in [2.05, 4.69) is 55.6 Å². The monoisotopic (exact) mass is 774 g/mol. The van der Waals surface area contributed by atoms with Crippen LogP contribution in [0, 0.1) is 0 Å². The number of hydrogen-bond acceptors (Lipinski definition) is 8. The summed E-state index contributed by atoms with van der Waals surface area (Å²) >= 11 is 0. The van der Waals surface area contributed by atoms with Gasteiger partial charge < -0.3 is 19.9 Å². The second-order valence-corrected chi connectivity index (χ2v) is 17.8. The molecule has 0 saturated carbocycles. The standard InChI is InChI=1S/C22H27F3O3.C7H13NO.C6H13N.C5H12O3S/c1-4-17(26)13-27-18-9-5-15(6-10-18)22(2,3)16-7-11-19(12-8-16)28-14-20(23)21(24)25;1-5-6(9)8-7(2,3)4;1-6(2,3)7-4-5-7;1-5(2,3)8-9(4,6)7/h5-12,17,20-21,26H,4,13-14H2,1-3H3;5H,1H2,2-4H3,(H,8,9);4-5H2,1-3H3;1-4H3. The smallest absolute Gasteiger partial charge is 0.272 e. The lowest BCUT2D eigenvalue weighted by atomic mass is 9.78. The van der Waals surface area contributed by atoms with Gasteiger partial charge in [-0.25, -0.2) is 13.2 Å². The Bertz CT molecular complexity index is 1460. The van der Waals surface area contributed by atoms with Gasteiger partial charge in [0.25, 0.3) is 16.5 Å². The molecule has 0 bridgehead atoms. The second-order valence-electron chi connectivity index (χ2n) is 16.2. The molecule has 0 aliphatic carbocycles. The number of aliphatic hydroxyl groups excluding tert-OH is 1. The van der Waals surface area contributed by atoms with Crippen molar-refractivity contribution in [2.75, 3.05) is 32.6 Å². The highest BCUT2D eigenvalue weighted by Gasteiger charge is 2.29. The van der Waals surface area contributed by atoms with E-state index in [0.29, 0.717) is 23.5 Å². The third kappa shape index (κ3) is 24.0. The van der Waals surface area contributed by atoms with Crippen LogP contribution in [0.1, 0.15) is 101 Å². The highest BCUT2D eigenvalue weighted by molar-refractivity contribution is 7.86. The maximum atomic E-state index is 13.0. The summed E-state index contributed by atoms with van der Waals surface area (Å²) in [6, 6.07) is 14.6. The first-order valence-corrected chi connectivity index (χ1v) is 19.5. The molecule has 1 fully saturated rings. The molecule has 0 radical (unpaired) electrons. The minimum Gasteiger partial charge on any atom is -0.491 e. The highest BCUT2D eigenvalue weighted by Crippen LogP contribution is 2.33. The number of carbonyl (C=O) groups is 1. The molecule has 53 heavy (non-hydrogen) atoms. The Kier molecular flexibility index (Phi) is 20.4. The van der Waals surface area contributed by atoms with Crippen LogP contribution in [0.2, 0.25) is 0 Å². The molecule has 1 saturated heterocycles. The lowest BCUT2D eigenvalue weighted by molar-refractivity contribution is -0.117. The van der Waals surface area contributed by atoms with Crippen LogP contribution >= 0.6 is 0 Å². The highest BCUT2D eigenvalue weighted by atomic mass is 32.2. The van der Waals surface area contributed by atoms with E-state index in [4.69, 9.17) is 9.47 Å². The van der Waals surface area contributed by atoms with E-state index in [1.807, 2.05) is 64.1 Å². The predicted octanol–water partition coefficient (Wildman–Crippen LogP) is 8.09. The van der Waals surface area contributed by atoms with E-state index >= 15 is 0 Å². The van der Waals surface area contributed by atoms with Crippen LogP contribution < -0.4 is 14.8 Å². The molecule has 0 spiro atoms. The molecule has 2 unspecified atom stereocenters. The van der Waals surface area contributed by atoms with Crippen molar-refractivity contribution in [2.24, 2.45) is 0 Å². The van der Waals surface area contributed by atoms with Crippen molar-refractivity contribution >= 4 is 16.0 Å². The maximum Gasteiger partial charge on any atom is 0.272 e. The zero-order chi connectivity index (χ0) is 41.4. The van der Waals surface area contributed by atoms with Crippen molar-refractivity contribution in [3.8, 4) is 11.5 Å². The average Bonchev–Trinajstić information content (AvgIpc) is 3.88. The third-order valence-electron chi connectivity index (χ3n) is 7.23. The normalized spacial score (nSPS) is 14.5. The summed E-state index contributed by atoms with van der Waals surface area (Å²) in [5.74, 6) is 0.916.